The summed E-state index contributed by atoms with van der Waals surface area (Å²) in [6.45, 7) is 0. The number of rotatable bonds is 5. The molecule has 0 aromatic heterocycles. The van der Waals surface area contributed by atoms with Crippen LogP contribution in [-0.4, -0.2) is 28.1 Å². The van der Waals surface area contributed by atoms with Crippen LogP contribution in [0.1, 0.15) is 42.4 Å². The maximum atomic E-state index is 12.5. The lowest BCUT2D eigenvalue weighted by molar-refractivity contribution is -0.144. The third-order valence-electron chi connectivity index (χ3n) is 7.09. The fourth-order valence-corrected chi connectivity index (χ4v) is 5.98. The predicted octanol–water partition coefficient (Wildman–Crippen LogP) is 5.31. The zero-order chi connectivity index (χ0) is 20.6. The van der Waals surface area contributed by atoms with E-state index >= 15 is 0 Å². The molecule has 0 unspecified atom stereocenters. The predicted molar refractivity (Wildman–Crippen MR) is 118 cm³/mol. The molecule has 1 heterocycles. The highest BCUT2D eigenvalue weighted by Gasteiger charge is 2.56. The molecule has 3 atom stereocenters. The maximum Gasteiger partial charge on any atom is 0.320 e. The third-order valence-corrected chi connectivity index (χ3v) is 7.09. The number of carbonyl (C=O) groups is 1. The molecule has 0 bridgehead atoms. The van der Waals surface area contributed by atoms with Gasteiger partial charge in [0.25, 0.3) is 0 Å². The molecule has 0 radical (unpaired) electrons. The fourth-order valence-electron chi connectivity index (χ4n) is 5.98. The molecule has 0 amide bonds. The molecule has 3 nitrogen and oxygen atoms in total. The second-order valence-electron chi connectivity index (χ2n) is 8.56. The van der Waals surface area contributed by atoms with Crippen molar-refractivity contribution < 1.29 is 9.90 Å². The molecule has 1 saturated heterocycles. The van der Waals surface area contributed by atoms with Gasteiger partial charge in [0.15, 0.2) is 0 Å². The van der Waals surface area contributed by atoms with Crippen LogP contribution in [0.4, 0.5) is 0 Å². The molecule has 1 aliphatic heterocycles. The molecule has 2 aliphatic rings. The summed E-state index contributed by atoms with van der Waals surface area (Å²) in [7, 11) is 0. The van der Waals surface area contributed by atoms with E-state index in [0.717, 1.165) is 36.0 Å². The number of fused-ring (bicyclic) bond motifs is 1. The lowest BCUT2D eigenvalue weighted by Gasteiger charge is -2.48. The van der Waals surface area contributed by atoms with Crippen LogP contribution < -0.4 is 0 Å². The molecule has 5 rings (SSSR count). The molecule has 152 valence electrons. The first-order valence-electron chi connectivity index (χ1n) is 10.9. The summed E-state index contributed by atoms with van der Waals surface area (Å²) in [5.74, 6) is -0.266. The summed E-state index contributed by atoms with van der Waals surface area (Å²) < 4.78 is 0. The highest BCUT2D eigenvalue weighted by atomic mass is 16.4. The topological polar surface area (TPSA) is 40.5 Å². The van der Waals surface area contributed by atoms with Gasteiger partial charge in [-0.1, -0.05) is 97.4 Å². The van der Waals surface area contributed by atoms with Gasteiger partial charge in [0.1, 0.15) is 6.04 Å². The Kier molecular flexibility index (Phi) is 4.92. The third kappa shape index (κ3) is 2.88. The Labute approximate surface area is 178 Å². The second kappa shape index (κ2) is 7.73. The summed E-state index contributed by atoms with van der Waals surface area (Å²) >= 11 is 0. The summed E-state index contributed by atoms with van der Waals surface area (Å²) in [4.78, 5) is 14.9. The van der Waals surface area contributed by atoms with Gasteiger partial charge in [0, 0.05) is 6.04 Å². The lowest BCUT2D eigenvalue weighted by atomic mass is 9.74. The molecule has 1 saturated carbocycles. The molecular weight excluding hydrogens is 370 g/mol. The zero-order valence-corrected chi connectivity index (χ0v) is 17.0. The Morgan fingerprint density at radius 2 is 1.23 bits per heavy atom. The number of likely N-dealkylation sites (tertiary alicyclic amines) is 1. The standard InChI is InChI=1S/C27H27NO2/c29-26(30)25-19-20-11-10-18-24(20)28(25)27(21-12-4-1-5-13-21,22-14-6-2-7-15-22)23-16-8-3-9-17-23/h1-9,12-17,20,24-25H,10-11,18-19H2,(H,29,30)/t20-,24-,25-/m0/s1. The Bertz CT molecular complexity index is 906. The molecule has 3 aromatic rings. The summed E-state index contributed by atoms with van der Waals surface area (Å²) in [6, 6.07) is 31.2. The molecule has 0 spiro atoms. The van der Waals surface area contributed by atoms with Gasteiger partial charge in [-0.3, -0.25) is 9.69 Å². The van der Waals surface area contributed by atoms with Gasteiger partial charge in [-0.2, -0.15) is 0 Å². The van der Waals surface area contributed by atoms with Crippen molar-refractivity contribution in [2.24, 2.45) is 5.92 Å². The second-order valence-corrected chi connectivity index (χ2v) is 8.56. The Morgan fingerprint density at radius 1 is 0.767 bits per heavy atom. The quantitative estimate of drug-likeness (QED) is 0.594. The van der Waals surface area contributed by atoms with Gasteiger partial charge in [-0.25, -0.2) is 0 Å². The van der Waals surface area contributed by atoms with Crippen molar-refractivity contribution in [1.82, 2.24) is 4.90 Å². The van der Waals surface area contributed by atoms with Crippen LogP contribution >= 0.6 is 0 Å². The van der Waals surface area contributed by atoms with Crippen LogP contribution in [0.15, 0.2) is 91.0 Å². The van der Waals surface area contributed by atoms with Gasteiger partial charge in [0.05, 0.1) is 5.54 Å². The number of nitrogens with zero attached hydrogens (tertiary/aromatic N) is 1. The number of carboxylic acids is 1. The first-order chi connectivity index (χ1) is 14.7. The van der Waals surface area contributed by atoms with E-state index in [-0.39, 0.29) is 6.04 Å². The minimum atomic E-state index is -0.712. The zero-order valence-electron chi connectivity index (χ0n) is 17.0. The highest BCUT2D eigenvalue weighted by molar-refractivity contribution is 5.75. The van der Waals surface area contributed by atoms with Crippen LogP contribution in [0.3, 0.4) is 0 Å². The van der Waals surface area contributed by atoms with E-state index in [4.69, 9.17) is 0 Å². The van der Waals surface area contributed by atoms with Gasteiger partial charge in [-0.05, 0) is 41.9 Å². The van der Waals surface area contributed by atoms with Crippen LogP contribution in [0.2, 0.25) is 0 Å². The van der Waals surface area contributed by atoms with Crippen molar-refractivity contribution in [1.29, 1.82) is 0 Å². The van der Waals surface area contributed by atoms with E-state index in [1.54, 1.807) is 0 Å². The van der Waals surface area contributed by atoms with Crippen molar-refractivity contribution in [2.45, 2.75) is 43.3 Å². The molecule has 1 N–H and O–H groups in total. The van der Waals surface area contributed by atoms with Gasteiger partial charge in [-0.15, -0.1) is 0 Å². The number of carboxylic acid groups (broad SMARTS) is 1. The number of aliphatic carboxylic acids is 1. The fraction of sp³-hybridized carbons (Fsp3) is 0.296. The van der Waals surface area contributed by atoms with Crippen molar-refractivity contribution in [3.05, 3.63) is 108 Å². The lowest BCUT2D eigenvalue weighted by Crippen LogP contribution is -2.56. The maximum absolute atomic E-state index is 12.5. The minimum absolute atomic E-state index is 0.270. The average Bonchev–Trinajstić information content (AvgIpc) is 3.39. The average molecular weight is 398 g/mol. The number of hydrogen-bond donors (Lipinski definition) is 1. The summed E-state index contributed by atoms with van der Waals surface area (Å²) in [5, 5.41) is 10.3. The van der Waals surface area contributed by atoms with Gasteiger partial charge in [0.2, 0.25) is 0 Å². The van der Waals surface area contributed by atoms with Crippen LogP contribution in [0, 0.1) is 5.92 Å². The molecular formula is C27H27NO2. The van der Waals surface area contributed by atoms with Gasteiger partial charge >= 0.3 is 5.97 Å². The Balaban J connectivity index is 1.85. The highest BCUT2D eigenvalue weighted by Crippen LogP contribution is 2.52. The molecule has 30 heavy (non-hydrogen) atoms. The van der Waals surface area contributed by atoms with Crippen molar-refractivity contribution in [3.63, 3.8) is 0 Å². The Morgan fingerprint density at radius 3 is 1.67 bits per heavy atom. The van der Waals surface area contributed by atoms with Crippen LogP contribution in [0.25, 0.3) is 0 Å². The van der Waals surface area contributed by atoms with Crippen molar-refractivity contribution >= 4 is 5.97 Å². The SMILES string of the molecule is O=C(O)[C@@H]1C[C@@H]2CCC[C@@H]2N1C(c1ccccc1)(c1ccccc1)c1ccccc1. The smallest absolute Gasteiger partial charge is 0.320 e. The summed E-state index contributed by atoms with van der Waals surface area (Å²) in [5.41, 5.74) is 2.74. The van der Waals surface area contributed by atoms with Crippen LogP contribution in [-0.2, 0) is 10.3 Å². The van der Waals surface area contributed by atoms with E-state index in [0.29, 0.717) is 5.92 Å². The van der Waals surface area contributed by atoms with Crippen molar-refractivity contribution in [3.8, 4) is 0 Å². The first kappa shape index (κ1) is 19.1. The number of hydrogen-bond acceptors (Lipinski definition) is 2. The van der Waals surface area contributed by atoms with Crippen LogP contribution in [0.5, 0.6) is 0 Å². The van der Waals surface area contributed by atoms with E-state index < -0.39 is 17.6 Å². The molecule has 3 heteroatoms. The van der Waals surface area contributed by atoms with E-state index in [9.17, 15) is 9.90 Å². The first-order valence-corrected chi connectivity index (χ1v) is 10.9. The largest absolute Gasteiger partial charge is 0.480 e. The van der Waals surface area contributed by atoms with Gasteiger partial charge < -0.3 is 5.11 Å². The summed E-state index contributed by atoms with van der Waals surface area (Å²) in [6.07, 6.45) is 4.09. The monoisotopic (exact) mass is 397 g/mol. The molecule has 3 aromatic carbocycles. The molecule has 2 fully saturated rings. The minimum Gasteiger partial charge on any atom is -0.480 e. The van der Waals surface area contributed by atoms with Crippen molar-refractivity contribution in [2.75, 3.05) is 0 Å². The Hall–Kier alpha value is -2.91. The van der Waals surface area contributed by atoms with E-state index in [1.807, 2.05) is 18.2 Å². The molecule has 1 aliphatic carbocycles. The van der Waals surface area contributed by atoms with E-state index in [1.165, 1.54) is 6.42 Å². The normalized spacial score (nSPS) is 23.9. The van der Waals surface area contributed by atoms with E-state index in [2.05, 4.69) is 77.7 Å². The number of benzene rings is 3.